The van der Waals surface area contributed by atoms with E-state index in [2.05, 4.69) is 21.2 Å². The number of halogens is 1. The summed E-state index contributed by atoms with van der Waals surface area (Å²) in [6, 6.07) is 13.7. The van der Waals surface area contributed by atoms with Gasteiger partial charge < -0.3 is 14.5 Å². The van der Waals surface area contributed by atoms with Crippen molar-refractivity contribution < 1.29 is 13.9 Å². The molecule has 0 atom stereocenters. The zero-order valence-corrected chi connectivity index (χ0v) is 13.7. The fourth-order valence-electron chi connectivity index (χ4n) is 2.16. The molecule has 0 aliphatic carbocycles. The second-order valence-electron chi connectivity index (χ2n) is 4.82. The highest BCUT2D eigenvalue weighted by molar-refractivity contribution is 9.10. The molecule has 2 aromatic carbocycles. The van der Waals surface area contributed by atoms with E-state index in [-0.39, 0.29) is 5.76 Å². The number of carbonyl (C=O) groups excluding carboxylic acids is 1. The average molecular weight is 374 g/mol. The van der Waals surface area contributed by atoms with Gasteiger partial charge in [0.1, 0.15) is 5.75 Å². The van der Waals surface area contributed by atoms with Gasteiger partial charge in [-0.05, 0) is 35.7 Å². The van der Waals surface area contributed by atoms with E-state index in [1.54, 1.807) is 55.6 Å². The molecule has 23 heavy (non-hydrogen) atoms. The summed E-state index contributed by atoms with van der Waals surface area (Å²) in [5.74, 6) is 0.0698. The van der Waals surface area contributed by atoms with E-state index in [1.165, 1.54) is 0 Å². The number of rotatable bonds is 3. The molecule has 1 aromatic heterocycles. The molecule has 0 saturated carbocycles. The lowest BCUT2D eigenvalue weighted by Crippen LogP contribution is -2.15. The molecule has 116 valence electrons. The molecule has 3 aromatic rings. The van der Waals surface area contributed by atoms with Crippen molar-refractivity contribution in [3.63, 3.8) is 0 Å². The second kappa shape index (κ2) is 6.26. The highest BCUT2D eigenvalue weighted by Gasteiger charge is 2.13. The van der Waals surface area contributed by atoms with Crippen LogP contribution in [0.3, 0.4) is 0 Å². The Morgan fingerprint density at radius 3 is 2.78 bits per heavy atom. The van der Waals surface area contributed by atoms with Crippen molar-refractivity contribution in [1.29, 1.82) is 0 Å². The monoisotopic (exact) mass is 373 g/mol. The van der Waals surface area contributed by atoms with Gasteiger partial charge in [-0.15, -0.1) is 0 Å². The highest BCUT2D eigenvalue weighted by Crippen LogP contribution is 2.20. The van der Waals surface area contributed by atoms with Crippen molar-refractivity contribution in [3.05, 3.63) is 69.2 Å². The predicted octanol–water partition coefficient (Wildman–Crippen LogP) is 3.82. The summed E-state index contributed by atoms with van der Waals surface area (Å²) in [4.78, 5) is 24.3. The number of amides is 1. The van der Waals surface area contributed by atoms with Gasteiger partial charge in [-0.3, -0.25) is 4.79 Å². The maximum Gasteiger partial charge on any atom is 0.344 e. The van der Waals surface area contributed by atoms with E-state index in [0.717, 1.165) is 4.47 Å². The number of anilines is 1. The molecular formula is C17H12BrNO4. The van der Waals surface area contributed by atoms with Gasteiger partial charge in [0.15, 0.2) is 5.76 Å². The van der Waals surface area contributed by atoms with E-state index in [4.69, 9.17) is 9.15 Å². The Kier molecular flexibility index (Phi) is 4.16. The topological polar surface area (TPSA) is 68.5 Å². The smallest absolute Gasteiger partial charge is 0.344 e. The molecule has 1 amide bonds. The molecule has 1 N–H and O–H groups in total. The number of benzene rings is 2. The minimum absolute atomic E-state index is 0.0485. The van der Waals surface area contributed by atoms with Crippen LogP contribution in [0.1, 0.15) is 10.6 Å². The van der Waals surface area contributed by atoms with Crippen molar-refractivity contribution in [1.82, 2.24) is 0 Å². The van der Waals surface area contributed by atoms with Crippen LogP contribution in [0.2, 0.25) is 0 Å². The minimum atomic E-state index is -0.556. The second-order valence-corrected chi connectivity index (χ2v) is 5.73. The number of fused-ring (bicyclic) bond motifs is 1. The molecule has 0 unspecified atom stereocenters. The fourth-order valence-corrected chi connectivity index (χ4v) is 2.52. The van der Waals surface area contributed by atoms with Crippen LogP contribution in [0.5, 0.6) is 5.75 Å². The van der Waals surface area contributed by atoms with E-state index in [1.807, 2.05) is 0 Å². The first kappa shape index (κ1) is 15.3. The van der Waals surface area contributed by atoms with Crippen molar-refractivity contribution in [2.45, 2.75) is 0 Å². The number of nitrogens with one attached hydrogen (secondary N) is 1. The van der Waals surface area contributed by atoms with E-state index < -0.39 is 11.5 Å². The van der Waals surface area contributed by atoms with Crippen LogP contribution in [0.15, 0.2) is 62.2 Å². The summed E-state index contributed by atoms with van der Waals surface area (Å²) < 4.78 is 11.0. The molecule has 0 radical (unpaired) electrons. The van der Waals surface area contributed by atoms with Gasteiger partial charge in [0.25, 0.3) is 5.91 Å². The maximum absolute atomic E-state index is 12.3. The quantitative estimate of drug-likeness (QED) is 0.757. The van der Waals surface area contributed by atoms with E-state index in [9.17, 15) is 9.59 Å². The number of hydrogen-bond donors (Lipinski definition) is 1. The summed E-state index contributed by atoms with van der Waals surface area (Å²) in [6.07, 6.45) is 0. The summed E-state index contributed by atoms with van der Waals surface area (Å²) in [6.45, 7) is 0. The summed E-state index contributed by atoms with van der Waals surface area (Å²) in [5.41, 5.74) is -0.00695. The molecule has 0 bridgehead atoms. The lowest BCUT2D eigenvalue weighted by atomic mass is 10.1. The summed E-state index contributed by atoms with van der Waals surface area (Å²) in [5, 5.41) is 3.73. The molecule has 0 aliphatic heterocycles. The maximum atomic E-state index is 12.3. The van der Waals surface area contributed by atoms with Crippen molar-refractivity contribution in [3.8, 4) is 5.75 Å². The van der Waals surface area contributed by atoms with Crippen molar-refractivity contribution in [2.24, 2.45) is 0 Å². The Balaban J connectivity index is 1.94. The van der Waals surface area contributed by atoms with Crippen LogP contribution in [-0.2, 0) is 0 Å². The first-order valence-electron chi connectivity index (χ1n) is 6.75. The first-order chi connectivity index (χ1) is 11.1. The van der Waals surface area contributed by atoms with Crippen molar-refractivity contribution >= 4 is 38.3 Å². The molecule has 6 heteroatoms. The van der Waals surface area contributed by atoms with Crippen LogP contribution >= 0.6 is 15.9 Å². The lowest BCUT2D eigenvalue weighted by molar-refractivity contribution is 0.0993. The highest BCUT2D eigenvalue weighted by atomic mass is 79.9. The van der Waals surface area contributed by atoms with Crippen LogP contribution in [-0.4, -0.2) is 13.0 Å². The van der Waals surface area contributed by atoms with Crippen LogP contribution < -0.4 is 15.7 Å². The fraction of sp³-hybridized carbons (Fsp3) is 0.0588. The number of methoxy groups -OCH3 is 1. The van der Waals surface area contributed by atoms with E-state index >= 15 is 0 Å². The van der Waals surface area contributed by atoms with Crippen LogP contribution in [0.25, 0.3) is 10.8 Å². The first-order valence-corrected chi connectivity index (χ1v) is 7.55. The molecule has 0 spiro atoms. The van der Waals surface area contributed by atoms with Gasteiger partial charge in [-0.25, -0.2) is 4.79 Å². The van der Waals surface area contributed by atoms with Gasteiger partial charge in [0, 0.05) is 16.2 Å². The summed E-state index contributed by atoms with van der Waals surface area (Å²) in [7, 11) is 1.54. The standard InChI is InChI=1S/C17H12BrNO4/c1-22-13-4-2-3-12(9-13)19-16(20)15-7-10-5-6-11(18)8-14(10)17(21)23-15/h2-9H,1H3,(H,19,20). The molecule has 0 aliphatic rings. The zero-order valence-electron chi connectivity index (χ0n) is 12.1. The average Bonchev–Trinajstić information content (AvgIpc) is 2.55. The van der Waals surface area contributed by atoms with Crippen molar-refractivity contribution in [2.75, 3.05) is 12.4 Å². The molecule has 1 heterocycles. The molecule has 3 rings (SSSR count). The largest absolute Gasteiger partial charge is 0.497 e. The third-order valence-electron chi connectivity index (χ3n) is 3.28. The Hall–Kier alpha value is -2.60. The third-order valence-corrected chi connectivity index (χ3v) is 3.77. The van der Waals surface area contributed by atoms with Crippen LogP contribution in [0, 0.1) is 0 Å². The van der Waals surface area contributed by atoms with Gasteiger partial charge in [0.05, 0.1) is 12.5 Å². The van der Waals surface area contributed by atoms with Gasteiger partial charge in [-0.2, -0.15) is 0 Å². The lowest BCUT2D eigenvalue weighted by Gasteiger charge is -2.07. The Morgan fingerprint density at radius 2 is 2.00 bits per heavy atom. The number of carbonyl (C=O) groups is 1. The number of hydrogen-bond acceptors (Lipinski definition) is 4. The summed E-state index contributed by atoms with van der Waals surface area (Å²) >= 11 is 3.30. The zero-order chi connectivity index (χ0) is 16.4. The Labute approximate surface area is 140 Å². The molecule has 0 fully saturated rings. The van der Waals surface area contributed by atoms with Gasteiger partial charge >= 0.3 is 5.63 Å². The predicted molar refractivity (Wildman–Crippen MR) is 91.1 cm³/mol. The van der Waals surface area contributed by atoms with Crippen LogP contribution in [0.4, 0.5) is 5.69 Å². The Morgan fingerprint density at radius 1 is 1.17 bits per heavy atom. The molecule has 0 saturated heterocycles. The van der Waals surface area contributed by atoms with Gasteiger partial charge in [-0.1, -0.05) is 28.1 Å². The minimum Gasteiger partial charge on any atom is -0.497 e. The molecular weight excluding hydrogens is 362 g/mol. The van der Waals surface area contributed by atoms with E-state index in [0.29, 0.717) is 22.2 Å². The Bertz CT molecular complexity index is 949. The number of ether oxygens (including phenoxy) is 1. The normalized spacial score (nSPS) is 10.5. The van der Waals surface area contributed by atoms with Gasteiger partial charge in [0.2, 0.25) is 0 Å². The third kappa shape index (κ3) is 3.27. The SMILES string of the molecule is COc1cccc(NC(=O)c2cc3ccc(Br)cc3c(=O)o2)c1. The molecule has 5 nitrogen and oxygen atoms in total.